The summed E-state index contributed by atoms with van der Waals surface area (Å²) >= 11 is 11.6. The lowest BCUT2D eigenvalue weighted by atomic mass is 9.96. The molecular formula is C13H18Cl2N4O. The fourth-order valence-electron chi connectivity index (χ4n) is 2.67. The Kier molecular flexibility index (Phi) is 4.83. The second kappa shape index (κ2) is 6.24. The van der Waals surface area contributed by atoms with Gasteiger partial charge in [-0.25, -0.2) is 0 Å². The molecule has 2 rings (SSSR count). The van der Waals surface area contributed by atoms with Crippen molar-refractivity contribution in [2.24, 2.45) is 0 Å². The van der Waals surface area contributed by atoms with Crippen LogP contribution >= 0.6 is 23.2 Å². The molecule has 1 N–H and O–H groups in total. The van der Waals surface area contributed by atoms with Crippen molar-refractivity contribution in [2.75, 3.05) is 20.6 Å². The van der Waals surface area contributed by atoms with E-state index in [9.17, 15) is 4.79 Å². The lowest BCUT2D eigenvalue weighted by Gasteiger charge is -2.36. The Morgan fingerprint density at radius 3 is 2.60 bits per heavy atom. The number of likely N-dealkylation sites (N-methyl/N-ethyl adjacent to an activating group) is 1. The Balaban J connectivity index is 2.06. The molecule has 20 heavy (non-hydrogen) atoms. The summed E-state index contributed by atoms with van der Waals surface area (Å²) in [6.45, 7) is 0.592. The topological polar surface area (TPSA) is 58.1 Å². The molecule has 1 heterocycles. The van der Waals surface area contributed by atoms with E-state index in [1.54, 1.807) is 0 Å². The average Bonchev–Trinajstić information content (AvgIpc) is 2.89. The van der Waals surface area contributed by atoms with Gasteiger partial charge in [-0.2, -0.15) is 0 Å². The second-order valence-electron chi connectivity index (χ2n) is 5.38. The van der Waals surface area contributed by atoms with Crippen LogP contribution in [0.15, 0.2) is 6.07 Å². The monoisotopic (exact) mass is 316 g/mol. The first kappa shape index (κ1) is 15.5. The van der Waals surface area contributed by atoms with Gasteiger partial charge in [0.2, 0.25) is 0 Å². The van der Waals surface area contributed by atoms with Crippen LogP contribution in [0.25, 0.3) is 0 Å². The van der Waals surface area contributed by atoms with Gasteiger partial charge in [-0.15, -0.1) is 10.2 Å². The van der Waals surface area contributed by atoms with Gasteiger partial charge in [0, 0.05) is 12.1 Å². The highest BCUT2D eigenvalue weighted by molar-refractivity contribution is 6.34. The SMILES string of the molecule is CN(C)C1(CNC(=O)c2cc(Cl)nnc2Cl)CCCC1. The van der Waals surface area contributed by atoms with Crippen LogP contribution in [-0.2, 0) is 0 Å². The van der Waals surface area contributed by atoms with Gasteiger partial charge in [-0.1, -0.05) is 36.0 Å². The Morgan fingerprint density at radius 1 is 1.35 bits per heavy atom. The minimum absolute atomic E-state index is 0.0341. The number of nitrogens with zero attached hydrogens (tertiary/aromatic N) is 3. The quantitative estimate of drug-likeness (QED) is 0.926. The number of hydrogen-bond acceptors (Lipinski definition) is 4. The molecule has 0 spiro atoms. The summed E-state index contributed by atoms with van der Waals surface area (Å²) < 4.78 is 0. The first-order valence-electron chi connectivity index (χ1n) is 6.59. The van der Waals surface area contributed by atoms with Crippen molar-refractivity contribution in [3.63, 3.8) is 0 Å². The van der Waals surface area contributed by atoms with E-state index in [0.717, 1.165) is 12.8 Å². The van der Waals surface area contributed by atoms with Crippen molar-refractivity contribution in [1.29, 1.82) is 0 Å². The molecule has 0 radical (unpaired) electrons. The highest BCUT2D eigenvalue weighted by Gasteiger charge is 2.36. The van der Waals surface area contributed by atoms with Crippen LogP contribution in [0.3, 0.4) is 0 Å². The molecule has 1 amide bonds. The Morgan fingerprint density at radius 2 is 2.00 bits per heavy atom. The van der Waals surface area contributed by atoms with Gasteiger partial charge in [0.1, 0.15) is 0 Å². The minimum atomic E-state index is -0.264. The number of rotatable bonds is 4. The molecule has 5 nitrogen and oxygen atoms in total. The van der Waals surface area contributed by atoms with Gasteiger partial charge in [0.25, 0.3) is 5.91 Å². The van der Waals surface area contributed by atoms with Crippen molar-refractivity contribution in [2.45, 2.75) is 31.2 Å². The maximum absolute atomic E-state index is 12.2. The predicted molar refractivity (Wildman–Crippen MR) is 79.3 cm³/mol. The van der Waals surface area contributed by atoms with Crippen molar-refractivity contribution in [3.05, 3.63) is 21.9 Å². The van der Waals surface area contributed by atoms with Gasteiger partial charge in [0.05, 0.1) is 5.56 Å². The molecule has 110 valence electrons. The zero-order valence-corrected chi connectivity index (χ0v) is 13.1. The molecule has 0 atom stereocenters. The smallest absolute Gasteiger partial charge is 0.254 e. The number of carbonyl (C=O) groups excluding carboxylic acids is 1. The highest BCUT2D eigenvalue weighted by Crippen LogP contribution is 2.33. The van der Waals surface area contributed by atoms with E-state index in [4.69, 9.17) is 23.2 Å². The molecule has 0 saturated heterocycles. The van der Waals surface area contributed by atoms with E-state index in [-0.39, 0.29) is 27.3 Å². The van der Waals surface area contributed by atoms with E-state index in [0.29, 0.717) is 6.54 Å². The molecule has 0 aliphatic heterocycles. The van der Waals surface area contributed by atoms with E-state index in [1.807, 2.05) is 0 Å². The first-order valence-corrected chi connectivity index (χ1v) is 7.34. The molecule has 1 aromatic heterocycles. The third kappa shape index (κ3) is 3.22. The van der Waals surface area contributed by atoms with E-state index in [2.05, 4.69) is 34.5 Å². The summed E-state index contributed by atoms with van der Waals surface area (Å²) in [7, 11) is 4.10. The largest absolute Gasteiger partial charge is 0.350 e. The number of nitrogens with one attached hydrogen (secondary N) is 1. The van der Waals surface area contributed by atoms with E-state index < -0.39 is 0 Å². The maximum Gasteiger partial charge on any atom is 0.254 e. The van der Waals surface area contributed by atoms with Crippen molar-refractivity contribution >= 4 is 29.1 Å². The predicted octanol–water partition coefficient (Wildman–Crippen LogP) is 2.39. The molecule has 7 heteroatoms. The van der Waals surface area contributed by atoms with Crippen LogP contribution < -0.4 is 5.32 Å². The van der Waals surface area contributed by atoms with Gasteiger partial charge >= 0.3 is 0 Å². The number of hydrogen-bond donors (Lipinski definition) is 1. The van der Waals surface area contributed by atoms with Crippen molar-refractivity contribution in [1.82, 2.24) is 20.4 Å². The molecular weight excluding hydrogens is 299 g/mol. The van der Waals surface area contributed by atoms with Crippen molar-refractivity contribution in [3.8, 4) is 0 Å². The number of amides is 1. The molecule has 1 saturated carbocycles. The molecule has 1 aliphatic carbocycles. The summed E-state index contributed by atoms with van der Waals surface area (Å²) in [6, 6.07) is 1.43. The fraction of sp³-hybridized carbons (Fsp3) is 0.615. The van der Waals surface area contributed by atoms with Crippen LogP contribution in [0.2, 0.25) is 10.3 Å². The van der Waals surface area contributed by atoms with Crippen LogP contribution in [0.5, 0.6) is 0 Å². The lowest BCUT2D eigenvalue weighted by molar-refractivity contribution is 0.0899. The lowest BCUT2D eigenvalue weighted by Crippen LogP contribution is -2.50. The summed E-state index contributed by atoms with van der Waals surface area (Å²) in [5, 5.41) is 10.4. The van der Waals surface area contributed by atoms with Gasteiger partial charge < -0.3 is 10.2 Å². The molecule has 0 aromatic carbocycles. The molecule has 0 unspecified atom stereocenters. The maximum atomic E-state index is 12.2. The normalized spacial score (nSPS) is 17.4. The summed E-state index contributed by atoms with van der Waals surface area (Å²) in [5.41, 5.74) is 0.297. The molecule has 1 aliphatic rings. The third-order valence-electron chi connectivity index (χ3n) is 4.02. The summed E-state index contributed by atoms with van der Waals surface area (Å²) in [4.78, 5) is 14.4. The summed E-state index contributed by atoms with van der Waals surface area (Å²) in [5.74, 6) is -0.264. The fourth-order valence-corrected chi connectivity index (χ4v) is 2.99. The van der Waals surface area contributed by atoms with Gasteiger partial charge in [-0.05, 0) is 33.0 Å². The molecule has 1 aromatic rings. The zero-order chi connectivity index (χ0) is 14.8. The number of halogens is 2. The van der Waals surface area contributed by atoms with Gasteiger partial charge in [-0.3, -0.25) is 4.79 Å². The number of aromatic nitrogens is 2. The van der Waals surface area contributed by atoms with E-state index in [1.165, 1.54) is 18.9 Å². The van der Waals surface area contributed by atoms with E-state index >= 15 is 0 Å². The third-order valence-corrected chi connectivity index (χ3v) is 4.49. The Hall–Kier alpha value is -0.910. The molecule has 1 fully saturated rings. The van der Waals surface area contributed by atoms with Gasteiger partial charge in [0.15, 0.2) is 10.3 Å². The summed E-state index contributed by atoms with van der Waals surface area (Å²) in [6.07, 6.45) is 4.56. The van der Waals surface area contributed by atoms with Crippen LogP contribution in [0.4, 0.5) is 0 Å². The minimum Gasteiger partial charge on any atom is -0.350 e. The van der Waals surface area contributed by atoms with Crippen LogP contribution in [0.1, 0.15) is 36.0 Å². The Bertz CT molecular complexity index is 501. The van der Waals surface area contributed by atoms with Crippen molar-refractivity contribution < 1.29 is 4.79 Å². The van der Waals surface area contributed by atoms with Crippen LogP contribution in [0, 0.1) is 0 Å². The number of carbonyl (C=O) groups is 1. The standard InChI is InChI=1S/C13H18Cl2N4O/c1-19(2)13(5-3-4-6-13)8-16-12(20)9-7-10(14)17-18-11(9)15/h7H,3-6,8H2,1-2H3,(H,16,20). The average molecular weight is 317 g/mol. The molecule has 0 bridgehead atoms. The van der Waals surface area contributed by atoms with Crippen LogP contribution in [-0.4, -0.2) is 47.2 Å². The first-order chi connectivity index (χ1) is 9.44. The zero-order valence-electron chi connectivity index (χ0n) is 11.6. The Labute approximate surface area is 128 Å². The second-order valence-corrected chi connectivity index (χ2v) is 6.13. The highest BCUT2D eigenvalue weighted by atomic mass is 35.5.